The second-order valence-corrected chi connectivity index (χ2v) is 5.95. The van der Waals surface area contributed by atoms with Gasteiger partial charge >= 0.3 is 5.97 Å². The van der Waals surface area contributed by atoms with Crippen molar-refractivity contribution in [2.24, 2.45) is 16.8 Å². The SMILES string of the molecule is CCOc1ccccc1CNC(=NC)N1CC(C)C(C(=O)OC)C1.I. The summed E-state index contributed by atoms with van der Waals surface area (Å²) < 4.78 is 10.5. The molecule has 1 heterocycles. The quantitative estimate of drug-likeness (QED) is 0.316. The first-order valence-corrected chi connectivity index (χ1v) is 8.34. The van der Waals surface area contributed by atoms with Crippen LogP contribution in [0.15, 0.2) is 29.3 Å². The number of para-hydroxylation sites is 1. The Labute approximate surface area is 167 Å². The standard InChI is InChI=1S/C18H27N3O3.HI/c1-5-24-16-9-7-6-8-14(16)10-20-18(19-3)21-11-13(2)15(12-21)17(22)23-4;/h6-9,13,15H,5,10-12H2,1-4H3,(H,19,20);1H. The van der Waals surface area contributed by atoms with Crippen molar-refractivity contribution < 1.29 is 14.3 Å². The minimum Gasteiger partial charge on any atom is -0.494 e. The van der Waals surface area contributed by atoms with Crippen molar-refractivity contribution in [2.75, 3.05) is 33.9 Å². The molecule has 0 aliphatic carbocycles. The molecule has 25 heavy (non-hydrogen) atoms. The highest BCUT2D eigenvalue weighted by Crippen LogP contribution is 2.24. The van der Waals surface area contributed by atoms with Gasteiger partial charge in [-0.25, -0.2) is 0 Å². The van der Waals surface area contributed by atoms with Gasteiger partial charge in [0.2, 0.25) is 0 Å². The molecule has 1 N–H and O–H groups in total. The van der Waals surface area contributed by atoms with Crippen LogP contribution in [0, 0.1) is 11.8 Å². The number of likely N-dealkylation sites (tertiary alicyclic amines) is 1. The number of esters is 1. The first-order chi connectivity index (χ1) is 11.6. The van der Waals surface area contributed by atoms with Crippen LogP contribution in [-0.4, -0.2) is 50.7 Å². The van der Waals surface area contributed by atoms with Crippen molar-refractivity contribution in [1.82, 2.24) is 10.2 Å². The van der Waals surface area contributed by atoms with Crippen LogP contribution < -0.4 is 10.1 Å². The van der Waals surface area contributed by atoms with Crippen molar-refractivity contribution in [1.29, 1.82) is 0 Å². The molecule has 6 nitrogen and oxygen atoms in total. The third kappa shape index (κ3) is 5.49. The van der Waals surface area contributed by atoms with E-state index in [0.29, 0.717) is 19.7 Å². The molecule has 0 radical (unpaired) electrons. The van der Waals surface area contributed by atoms with Crippen LogP contribution >= 0.6 is 24.0 Å². The molecule has 2 unspecified atom stereocenters. The summed E-state index contributed by atoms with van der Waals surface area (Å²) in [6, 6.07) is 7.96. The Hall–Kier alpha value is -1.51. The lowest BCUT2D eigenvalue weighted by Gasteiger charge is -2.22. The van der Waals surface area contributed by atoms with Crippen molar-refractivity contribution in [3.63, 3.8) is 0 Å². The number of nitrogens with one attached hydrogen (secondary N) is 1. The number of methoxy groups -OCH3 is 1. The lowest BCUT2D eigenvalue weighted by molar-refractivity contribution is -0.145. The molecule has 0 spiro atoms. The highest BCUT2D eigenvalue weighted by molar-refractivity contribution is 14.0. The number of hydrogen-bond donors (Lipinski definition) is 1. The average molecular weight is 461 g/mol. The molecule has 1 aliphatic rings. The first-order valence-electron chi connectivity index (χ1n) is 8.34. The number of ether oxygens (including phenoxy) is 2. The molecule has 140 valence electrons. The van der Waals surface area contributed by atoms with Crippen molar-refractivity contribution >= 4 is 35.9 Å². The molecular weight excluding hydrogens is 433 g/mol. The molecule has 2 rings (SSSR count). The van der Waals surface area contributed by atoms with E-state index < -0.39 is 0 Å². The van der Waals surface area contributed by atoms with Crippen LogP contribution in [0.3, 0.4) is 0 Å². The molecular formula is C18H28IN3O3. The van der Waals surface area contributed by atoms with Crippen LogP contribution in [0.25, 0.3) is 0 Å². The summed E-state index contributed by atoms with van der Waals surface area (Å²) in [6.07, 6.45) is 0. The van der Waals surface area contributed by atoms with Crippen LogP contribution in [-0.2, 0) is 16.1 Å². The van der Waals surface area contributed by atoms with E-state index in [9.17, 15) is 4.79 Å². The zero-order chi connectivity index (χ0) is 17.5. The fourth-order valence-electron chi connectivity index (χ4n) is 3.05. The Bertz CT molecular complexity index is 595. The van der Waals surface area contributed by atoms with Crippen molar-refractivity contribution in [2.45, 2.75) is 20.4 Å². The minimum absolute atomic E-state index is 0. The monoisotopic (exact) mass is 461 g/mol. The molecule has 1 aromatic carbocycles. The summed E-state index contributed by atoms with van der Waals surface area (Å²) in [6.45, 7) is 6.71. The molecule has 1 saturated heterocycles. The maximum absolute atomic E-state index is 11.9. The fourth-order valence-corrected chi connectivity index (χ4v) is 3.05. The Balaban J connectivity index is 0.00000312. The van der Waals surface area contributed by atoms with Crippen molar-refractivity contribution in [3.05, 3.63) is 29.8 Å². The van der Waals surface area contributed by atoms with Gasteiger partial charge in [-0.05, 0) is 18.9 Å². The maximum Gasteiger partial charge on any atom is 0.310 e. The topological polar surface area (TPSA) is 63.2 Å². The summed E-state index contributed by atoms with van der Waals surface area (Å²) in [5.74, 6) is 1.66. The lowest BCUT2D eigenvalue weighted by Crippen LogP contribution is -2.40. The van der Waals surface area contributed by atoms with Crippen LogP contribution in [0.4, 0.5) is 0 Å². The summed E-state index contributed by atoms with van der Waals surface area (Å²) >= 11 is 0. The molecule has 2 atom stereocenters. The van der Waals surface area contributed by atoms with E-state index in [1.165, 1.54) is 7.11 Å². The molecule has 0 saturated carbocycles. The third-order valence-corrected chi connectivity index (χ3v) is 4.34. The zero-order valence-corrected chi connectivity index (χ0v) is 17.7. The molecule has 0 aromatic heterocycles. The molecule has 1 aliphatic heterocycles. The number of halogens is 1. The van der Waals surface area contributed by atoms with Crippen LogP contribution in [0.2, 0.25) is 0 Å². The fraction of sp³-hybridized carbons (Fsp3) is 0.556. The molecule has 0 amide bonds. The van der Waals surface area contributed by atoms with Gasteiger partial charge in [0.15, 0.2) is 5.96 Å². The summed E-state index contributed by atoms with van der Waals surface area (Å²) in [7, 11) is 3.20. The summed E-state index contributed by atoms with van der Waals surface area (Å²) in [4.78, 5) is 18.3. The first kappa shape index (κ1) is 21.5. The third-order valence-electron chi connectivity index (χ3n) is 4.34. The van der Waals surface area contributed by atoms with E-state index >= 15 is 0 Å². The van der Waals surface area contributed by atoms with Gasteiger partial charge in [0.05, 0.1) is 19.6 Å². The average Bonchev–Trinajstić information content (AvgIpc) is 2.98. The zero-order valence-electron chi connectivity index (χ0n) is 15.3. The Kier molecular flexibility index (Phi) is 9.02. The number of rotatable bonds is 5. The Morgan fingerprint density at radius 2 is 2.08 bits per heavy atom. The highest BCUT2D eigenvalue weighted by Gasteiger charge is 2.36. The van der Waals surface area contributed by atoms with E-state index in [1.54, 1.807) is 7.05 Å². The Morgan fingerprint density at radius 1 is 1.36 bits per heavy atom. The maximum atomic E-state index is 11.9. The molecule has 1 aromatic rings. The smallest absolute Gasteiger partial charge is 0.310 e. The van der Waals surface area contributed by atoms with Gasteiger partial charge < -0.3 is 19.7 Å². The molecule has 1 fully saturated rings. The van der Waals surface area contributed by atoms with E-state index in [0.717, 1.165) is 23.8 Å². The lowest BCUT2D eigenvalue weighted by atomic mass is 9.99. The van der Waals surface area contributed by atoms with Gasteiger partial charge in [-0.3, -0.25) is 9.79 Å². The largest absolute Gasteiger partial charge is 0.494 e. The van der Waals surface area contributed by atoms with Gasteiger partial charge in [-0.1, -0.05) is 25.1 Å². The second kappa shape index (κ2) is 10.5. The number of carbonyl (C=O) groups is 1. The number of aliphatic imine (C=N–C) groups is 1. The Morgan fingerprint density at radius 3 is 2.72 bits per heavy atom. The number of guanidine groups is 1. The molecule has 0 bridgehead atoms. The number of carbonyl (C=O) groups excluding carboxylic acids is 1. The van der Waals surface area contributed by atoms with Gasteiger partial charge in [0.25, 0.3) is 0 Å². The highest BCUT2D eigenvalue weighted by atomic mass is 127. The van der Waals surface area contributed by atoms with Crippen LogP contribution in [0.5, 0.6) is 5.75 Å². The van der Waals surface area contributed by atoms with E-state index in [2.05, 4.69) is 22.1 Å². The number of nitrogens with zero attached hydrogens (tertiary/aromatic N) is 2. The van der Waals surface area contributed by atoms with Gasteiger partial charge in [0, 0.05) is 32.2 Å². The minimum atomic E-state index is -0.151. The van der Waals surface area contributed by atoms with Crippen molar-refractivity contribution in [3.8, 4) is 5.75 Å². The van der Waals surface area contributed by atoms with E-state index in [4.69, 9.17) is 9.47 Å². The van der Waals surface area contributed by atoms with Gasteiger partial charge in [0.1, 0.15) is 5.75 Å². The summed E-state index contributed by atoms with van der Waals surface area (Å²) in [5, 5.41) is 3.37. The predicted octanol–water partition coefficient (Wildman–Crippen LogP) is 2.52. The van der Waals surface area contributed by atoms with E-state index in [-0.39, 0.29) is 41.8 Å². The predicted molar refractivity (Wildman–Crippen MR) is 109 cm³/mol. The van der Waals surface area contributed by atoms with Gasteiger partial charge in [-0.2, -0.15) is 0 Å². The second-order valence-electron chi connectivity index (χ2n) is 5.95. The summed E-state index contributed by atoms with van der Waals surface area (Å²) in [5.41, 5.74) is 1.08. The number of benzene rings is 1. The van der Waals surface area contributed by atoms with Gasteiger partial charge in [-0.15, -0.1) is 24.0 Å². The molecule has 7 heteroatoms. The normalized spacial score (nSPS) is 20.0. The van der Waals surface area contributed by atoms with E-state index in [1.807, 2.05) is 31.2 Å². The van der Waals surface area contributed by atoms with Crippen LogP contribution in [0.1, 0.15) is 19.4 Å². The number of hydrogen-bond acceptors (Lipinski definition) is 4.